The van der Waals surface area contributed by atoms with Gasteiger partial charge in [-0.3, -0.25) is 0 Å². The number of para-hydroxylation sites is 1. The van der Waals surface area contributed by atoms with Gasteiger partial charge in [-0.25, -0.2) is 0 Å². The number of methoxy groups -OCH3 is 1. The van der Waals surface area contributed by atoms with Crippen LogP contribution in [0, 0.1) is 11.3 Å². The topological polar surface area (TPSA) is 59.0 Å². The maximum atomic E-state index is 8.89. The molecule has 1 aromatic rings. The molecule has 0 aromatic heterocycles. The van der Waals surface area contributed by atoms with E-state index in [1.165, 1.54) is 0 Å². The molecule has 0 amide bonds. The summed E-state index contributed by atoms with van der Waals surface area (Å²) >= 11 is 0. The van der Waals surface area contributed by atoms with E-state index in [0.29, 0.717) is 23.4 Å². The zero-order chi connectivity index (χ0) is 11.3. The number of nitriles is 1. The molecule has 0 saturated carbocycles. The smallest absolute Gasteiger partial charge is 0.128 e. The van der Waals surface area contributed by atoms with Crippen LogP contribution in [-0.4, -0.2) is 7.11 Å². The Morgan fingerprint density at radius 1 is 1.47 bits per heavy atom. The molecular weight excluding hydrogens is 188 g/mol. The van der Waals surface area contributed by atoms with Crippen LogP contribution >= 0.6 is 0 Å². The largest absolute Gasteiger partial charge is 0.496 e. The van der Waals surface area contributed by atoms with E-state index < -0.39 is 0 Å². The van der Waals surface area contributed by atoms with Gasteiger partial charge < -0.3 is 10.5 Å². The number of benzene rings is 1. The summed E-state index contributed by atoms with van der Waals surface area (Å²) in [6, 6.07) is 9.51. The average molecular weight is 202 g/mol. The molecule has 0 spiro atoms. The fourth-order valence-electron chi connectivity index (χ4n) is 1.36. The standard InChI is InChI=1S/C12H14N2O/c1-3-9(8-13)12(14)10-6-4-5-7-11(10)15-2/h4-7H,3,14H2,1-2H3/b12-9-. The molecule has 0 bridgehead atoms. The molecule has 0 saturated heterocycles. The van der Waals surface area contributed by atoms with E-state index in [-0.39, 0.29) is 0 Å². The summed E-state index contributed by atoms with van der Waals surface area (Å²) in [4.78, 5) is 0. The van der Waals surface area contributed by atoms with E-state index in [1.807, 2.05) is 31.2 Å². The molecule has 15 heavy (non-hydrogen) atoms. The van der Waals surface area contributed by atoms with E-state index in [4.69, 9.17) is 15.7 Å². The number of nitrogens with two attached hydrogens (primary N) is 1. The van der Waals surface area contributed by atoms with E-state index in [1.54, 1.807) is 7.11 Å². The first-order chi connectivity index (χ1) is 7.24. The van der Waals surface area contributed by atoms with Gasteiger partial charge in [0.15, 0.2) is 0 Å². The monoisotopic (exact) mass is 202 g/mol. The van der Waals surface area contributed by atoms with Crippen LogP contribution in [0.2, 0.25) is 0 Å². The van der Waals surface area contributed by atoms with E-state index in [9.17, 15) is 0 Å². The normalized spacial score (nSPS) is 11.5. The molecule has 3 heteroatoms. The number of rotatable bonds is 3. The Morgan fingerprint density at radius 2 is 2.13 bits per heavy atom. The Balaban J connectivity index is 3.28. The third kappa shape index (κ3) is 2.29. The zero-order valence-electron chi connectivity index (χ0n) is 8.95. The van der Waals surface area contributed by atoms with Gasteiger partial charge in [-0.15, -0.1) is 0 Å². The van der Waals surface area contributed by atoms with Crippen LogP contribution in [0.1, 0.15) is 18.9 Å². The molecule has 2 N–H and O–H groups in total. The van der Waals surface area contributed by atoms with Crippen molar-refractivity contribution in [2.24, 2.45) is 5.73 Å². The quantitative estimate of drug-likeness (QED) is 0.765. The van der Waals surface area contributed by atoms with Gasteiger partial charge in [-0.05, 0) is 18.6 Å². The molecule has 3 nitrogen and oxygen atoms in total. The molecular formula is C12H14N2O. The van der Waals surface area contributed by atoms with Crippen LogP contribution in [0.15, 0.2) is 29.8 Å². The van der Waals surface area contributed by atoms with Crippen molar-refractivity contribution in [1.29, 1.82) is 5.26 Å². The minimum absolute atomic E-state index is 0.498. The lowest BCUT2D eigenvalue weighted by Gasteiger charge is -2.09. The molecule has 0 atom stereocenters. The van der Waals surface area contributed by atoms with Crippen LogP contribution in [-0.2, 0) is 0 Å². The van der Waals surface area contributed by atoms with E-state index >= 15 is 0 Å². The Hall–Kier alpha value is -1.95. The molecule has 0 aliphatic rings. The minimum atomic E-state index is 0.498. The van der Waals surface area contributed by atoms with Gasteiger partial charge in [0, 0.05) is 5.56 Å². The molecule has 1 aromatic carbocycles. The van der Waals surface area contributed by atoms with Crippen molar-refractivity contribution in [2.75, 3.05) is 7.11 Å². The molecule has 0 radical (unpaired) electrons. The molecule has 0 aliphatic carbocycles. The van der Waals surface area contributed by atoms with Gasteiger partial charge in [0.25, 0.3) is 0 Å². The number of nitrogens with zero attached hydrogens (tertiary/aromatic N) is 1. The summed E-state index contributed by atoms with van der Waals surface area (Å²) in [6.07, 6.45) is 0.625. The van der Waals surface area contributed by atoms with Gasteiger partial charge in [0.2, 0.25) is 0 Å². The number of allylic oxidation sites excluding steroid dienone is 1. The predicted molar refractivity (Wildman–Crippen MR) is 60.0 cm³/mol. The van der Waals surface area contributed by atoms with Crippen molar-refractivity contribution >= 4 is 5.70 Å². The lowest BCUT2D eigenvalue weighted by molar-refractivity contribution is 0.413. The summed E-state index contributed by atoms with van der Waals surface area (Å²) < 4.78 is 5.18. The van der Waals surface area contributed by atoms with Crippen molar-refractivity contribution in [3.63, 3.8) is 0 Å². The Kier molecular flexibility index (Phi) is 3.75. The van der Waals surface area contributed by atoms with Gasteiger partial charge in [-0.1, -0.05) is 19.1 Å². The van der Waals surface area contributed by atoms with Gasteiger partial charge in [-0.2, -0.15) is 5.26 Å². The number of ether oxygens (including phenoxy) is 1. The van der Waals surface area contributed by atoms with E-state index in [0.717, 1.165) is 5.56 Å². The highest BCUT2D eigenvalue weighted by Gasteiger charge is 2.08. The fraction of sp³-hybridized carbons (Fsp3) is 0.250. The maximum Gasteiger partial charge on any atom is 0.128 e. The first-order valence-corrected chi connectivity index (χ1v) is 4.76. The third-order valence-corrected chi connectivity index (χ3v) is 2.21. The summed E-state index contributed by atoms with van der Waals surface area (Å²) in [5, 5.41) is 8.89. The molecule has 0 aliphatic heterocycles. The van der Waals surface area contributed by atoms with Crippen LogP contribution in [0.5, 0.6) is 5.75 Å². The van der Waals surface area contributed by atoms with Crippen molar-refractivity contribution in [3.05, 3.63) is 35.4 Å². The van der Waals surface area contributed by atoms with Crippen LogP contribution in [0.4, 0.5) is 0 Å². The van der Waals surface area contributed by atoms with Crippen molar-refractivity contribution in [1.82, 2.24) is 0 Å². The van der Waals surface area contributed by atoms with E-state index in [2.05, 4.69) is 6.07 Å². The predicted octanol–water partition coefficient (Wildman–Crippen LogP) is 2.30. The molecule has 0 unspecified atom stereocenters. The highest BCUT2D eigenvalue weighted by Crippen LogP contribution is 2.25. The van der Waals surface area contributed by atoms with Crippen molar-refractivity contribution < 1.29 is 4.74 Å². The highest BCUT2D eigenvalue weighted by molar-refractivity contribution is 5.73. The zero-order valence-corrected chi connectivity index (χ0v) is 8.95. The highest BCUT2D eigenvalue weighted by atomic mass is 16.5. The van der Waals surface area contributed by atoms with Gasteiger partial charge in [0.1, 0.15) is 5.75 Å². The second-order valence-corrected chi connectivity index (χ2v) is 3.06. The maximum absolute atomic E-state index is 8.89. The van der Waals surface area contributed by atoms with Gasteiger partial charge in [0.05, 0.1) is 24.4 Å². The summed E-state index contributed by atoms with van der Waals surface area (Å²) in [5.74, 6) is 0.691. The summed E-state index contributed by atoms with van der Waals surface area (Å²) in [5.41, 5.74) is 7.77. The Labute approximate surface area is 89.8 Å². The third-order valence-electron chi connectivity index (χ3n) is 2.21. The lowest BCUT2D eigenvalue weighted by atomic mass is 10.1. The first-order valence-electron chi connectivity index (χ1n) is 4.76. The Bertz CT molecular complexity index is 416. The number of hydrogen-bond acceptors (Lipinski definition) is 3. The second kappa shape index (κ2) is 5.06. The number of hydrogen-bond donors (Lipinski definition) is 1. The molecule has 0 fully saturated rings. The lowest BCUT2D eigenvalue weighted by Crippen LogP contribution is -2.02. The van der Waals surface area contributed by atoms with Crippen LogP contribution in [0.25, 0.3) is 5.70 Å². The van der Waals surface area contributed by atoms with Crippen LogP contribution in [0.3, 0.4) is 0 Å². The van der Waals surface area contributed by atoms with Crippen LogP contribution < -0.4 is 10.5 Å². The molecule has 0 heterocycles. The minimum Gasteiger partial charge on any atom is -0.496 e. The summed E-state index contributed by atoms with van der Waals surface area (Å²) in [6.45, 7) is 1.90. The average Bonchev–Trinajstić information content (AvgIpc) is 2.30. The van der Waals surface area contributed by atoms with Gasteiger partial charge >= 0.3 is 0 Å². The van der Waals surface area contributed by atoms with Crippen molar-refractivity contribution in [2.45, 2.75) is 13.3 Å². The molecule has 78 valence electrons. The molecule has 1 rings (SSSR count). The fourth-order valence-corrected chi connectivity index (χ4v) is 1.36. The SMILES string of the molecule is CC/C(C#N)=C(/N)c1ccccc1OC. The summed E-state index contributed by atoms with van der Waals surface area (Å²) in [7, 11) is 1.59. The van der Waals surface area contributed by atoms with Crippen molar-refractivity contribution in [3.8, 4) is 11.8 Å². The Morgan fingerprint density at radius 3 is 2.67 bits per heavy atom. The first kappa shape index (κ1) is 11.1. The second-order valence-electron chi connectivity index (χ2n) is 3.06.